The first-order valence-electron chi connectivity index (χ1n) is 7.68. The molecule has 114 valence electrons. The van der Waals surface area contributed by atoms with Gasteiger partial charge in [-0.1, -0.05) is 37.2 Å². The highest BCUT2D eigenvalue weighted by Crippen LogP contribution is 2.27. The molecule has 1 unspecified atom stereocenters. The van der Waals surface area contributed by atoms with Crippen LogP contribution in [0.4, 0.5) is 0 Å². The lowest BCUT2D eigenvalue weighted by atomic mass is 9.85. The fraction of sp³-hybridized carbons (Fsp3) is 0.929. The van der Waals surface area contributed by atoms with Gasteiger partial charge in [-0.05, 0) is 37.8 Å². The fourth-order valence-corrected chi connectivity index (χ4v) is 2.73. The highest BCUT2D eigenvalue weighted by Gasteiger charge is 2.24. The Balaban J connectivity index is 2.37. The lowest BCUT2D eigenvalue weighted by Gasteiger charge is -2.26. The normalized spacial score (nSPS) is 17.2. The zero-order valence-corrected chi connectivity index (χ0v) is 12.4. The van der Waals surface area contributed by atoms with Crippen LogP contribution in [0.15, 0.2) is 5.11 Å². The first kappa shape index (κ1) is 16.8. The van der Waals surface area contributed by atoms with E-state index in [-0.39, 0.29) is 12.0 Å². The van der Waals surface area contributed by atoms with Gasteiger partial charge in [-0.2, -0.15) is 0 Å². The van der Waals surface area contributed by atoms with Gasteiger partial charge in [-0.3, -0.25) is 4.79 Å². The van der Waals surface area contributed by atoms with Crippen molar-refractivity contribution in [3.05, 3.63) is 10.4 Å². The second kappa shape index (κ2) is 10.5. The van der Waals surface area contributed by atoms with Crippen LogP contribution in [0.2, 0.25) is 0 Å². The molecule has 0 aliphatic heterocycles. The third kappa shape index (κ3) is 6.78. The van der Waals surface area contributed by atoms with Crippen LogP contribution in [-0.2, 0) is 9.53 Å². The molecule has 0 saturated heterocycles. The van der Waals surface area contributed by atoms with Gasteiger partial charge < -0.3 is 10.1 Å². The number of ether oxygens (including phenoxy) is 1. The number of nitrogens with zero attached hydrogens (tertiary/aromatic N) is 3. The van der Waals surface area contributed by atoms with Crippen LogP contribution in [0.3, 0.4) is 0 Å². The predicted octanol–water partition coefficient (Wildman–Crippen LogP) is 3.18. The lowest BCUT2D eigenvalue weighted by molar-refractivity contribution is -0.146. The molecule has 0 heterocycles. The number of esters is 1. The molecule has 1 saturated carbocycles. The van der Waals surface area contributed by atoms with Gasteiger partial charge in [-0.15, -0.1) is 0 Å². The summed E-state index contributed by atoms with van der Waals surface area (Å²) in [5.41, 5.74) is 8.21. The third-order valence-corrected chi connectivity index (χ3v) is 3.75. The van der Waals surface area contributed by atoms with Crippen molar-refractivity contribution in [3.8, 4) is 0 Å². The molecule has 1 N–H and O–H groups in total. The van der Waals surface area contributed by atoms with Crippen LogP contribution in [0.1, 0.15) is 51.9 Å². The second-order valence-electron chi connectivity index (χ2n) is 5.31. The lowest BCUT2D eigenvalue weighted by Crippen LogP contribution is -2.40. The number of hydrogen-bond acceptors (Lipinski definition) is 4. The van der Waals surface area contributed by atoms with Gasteiger partial charge >= 0.3 is 5.97 Å². The molecule has 0 amide bonds. The maximum Gasteiger partial charge on any atom is 0.323 e. The van der Waals surface area contributed by atoms with Crippen molar-refractivity contribution >= 4 is 5.97 Å². The molecule has 1 aliphatic rings. The standard InChI is InChI=1S/C14H26N4O2/c1-2-20-14(19)13(16-9-6-10-17-18-15)11-12-7-4-3-5-8-12/h12-13,16H,2-11H2,1H3. The summed E-state index contributed by atoms with van der Waals surface area (Å²) >= 11 is 0. The third-order valence-electron chi connectivity index (χ3n) is 3.75. The van der Waals surface area contributed by atoms with Gasteiger partial charge in [0, 0.05) is 11.5 Å². The number of azide groups is 1. The molecule has 1 fully saturated rings. The van der Waals surface area contributed by atoms with E-state index in [9.17, 15) is 4.79 Å². The van der Waals surface area contributed by atoms with Crippen LogP contribution in [0.5, 0.6) is 0 Å². The van der Waals surface area contributed by atoms with E-state index in [0.717, 1.165) is 12.8 Å². The van der Waals surface area contributed by atoms with E-state index >= 15 is 0 Å². The van der Waals surface area contributed by atoms with E-state index < -0.39 is 0 Å². The quantitative estimate of drug-likeness (QED) is 0.232. The average molecular weight is 282 g/mol. The molecular weight excluding hydrogens is 256 g/mol. The molecular formula is C14H26N4O2. The Labute approximate surface area is 120 Å². The smallest absolute Gasteiger partial charge is 0.323 e. The molecule has 0 aromatic carbocycles. The van der Waals surface area contributed by atoms with Crippen molar-refractivity contribution < 1.29 is 9.53 Å². The molecule has 0 aromatic rings. The van der Waals surface area contributed by atoms with Gasteiger partial charge in [0.25, 0.3) is 0 Å². The van der Waals surface area contributed by atoms with E-state index in [0.29, 0.717) is 25.6 Å². The van der Waals surface area contributed by atoms with Crippen molar-refractivity contribution in [3.63, 3.8) is 0 Å². The van der Waals surface area contributed by atoms with E-state index in [1.807, 2.05) is 6.92 Å². The zero-order chi connectivity index (χ0) is 14.6. The molecule has 20 heavy (non-hydrogen) atoms. The van der Waals surface area contributed by atoms with Crippen LogP contribution in [0.25, 0.3) is 10.4 Å². The Hall–Kier alpha value is -1.26. The Kier molecular flexibility index (Phi) is 8.83. The second-order valence-corrected chi connectivity index (χ2v) is 5.31. The number of carbonyl (C=O) groups excluding carboxylic acids is 1. The number of nitrogens with one attached hydrogen (secondary N) is 1. The van der Waals surface area contributed by atoms with Crippen molar-refractivity contribution in [2.24, 2.45) is 11.0 Å². The molecule has 1 aliphatic carbocycles. The molecule has 6 heteroatoms. The van der Waals surface area contributed by atoms with Gasteiger partial charge in [0.1, 0.15) is 6.04 Å². The van der Waals surface area contributed by atoms with E-state index in [1.54, 1.807) is 0 Å². The number of rotatable bonds is 9. The Bertz CT molecular complexity index is 323. The molecule has 1 atom stereocenters. The number of carbonyl (C=O) groups is 1. The van der Waals surface area contributed by atoms with Crippen molar-refractivity contribution in [2.75, 3.05) is 19.7 Å². The average Bonchev–Trinajstić information content (AvgIpc) is 2.47. The topological polar surface area (TPSA) is 87.1 Å². The maximum absolute atomic E-state index is 12.0. The summed E-state index contributed by atoms with van der Waals surface area (Å²) in [6.07, 6.45) is 7.91. The monoisotopic (exact) mass is 282 g/mol. The van der Waals surface area contributed by atoms with Gasteiger partial charge in [-0.25, -0.2) is 0 Å². The summed E-state index contributed by atoms with van der Waals surface area (Å²) in [6.45, 7) is 3.38. The Morgan fingerprint density at radius 1 is 1.45 bits per heavy atom. The summed E-state index contributed by atoms with van der Waals surface area (Å²) in [5, 5.41) is 6.74. The number of hydrogen-bond donors (Lipinski definition) is 1. The summed E-state index contributed by atoms with van der Waals surface area (Å²) in [7, 11) is 0. The van der Waals surface area contributed by atoms with Crippen LogP contribution in [0, 0.1) is 5.92 Å². The first-order chi connectivity index (χ1) is 9.77. The summed E-state index contributed by atoms with van der Waals surface area (Å²) < 4.78 is 5.14. The zero-order valence-electron chi connectivity index (χ0n) is 12.4. The SMILES string of the molecule is CCOC(=O)C(CC1CCCCC1)NCCCN=[N+]=[N-]. The molecule has 0 spiro atoms. The van der Waals surface area contributed by atoms with E-state index in [1.165, 1.54) is 32.1 Å². The minimum atomic E-state index is -0.218. The minimum absolute atomic E-state index is 0.151. The van der Waals surface area contributed by atoms with Crippen LogP contribution >= 0.6 is 0 Å². The molecule has 0 aromatic heterocycles. The largest absolute Gasteiger partial charge is 0.465 e. The molecule has 1 rings (SSSR count). The Morgan fingerprint density at radius 2 is 2.20 bits per heavy atom. The first-order valence-corrected chi connectivity index (χ1v) is 7.68. The highest BCUT2D eigenvalue weighted by molar-refractivity contribution is 5.75. The molecule has 0 bridgehead atoms. The highest BCUT2D eigenvalue weighted by atomic mass is 16.5. The van der Waals surface area contributed by atoms with Crippen molar-refractivity contribution in [2.45, 2.75) is 57.9 Å². The van der Waals surface area contributed by atoms with Gasteiger partial charge in [0.15, 0.2) is 0 Å². The van der Waals surface area contributed by atoms with Crippen LogP contribution < -0.4 is 5.32 Å². The van der Waals surface area contributed by atoms with Crippen LogP contribution in [-0.4, -0.2) is 31.7 Å². The molecule has 6 nitrogen and oxygen atoms in total. The molecule has 0 radical (unpaired) electrons. The predicted molar refractivity (Wildman–Crippen MR) is 78.2 cm³/mol. The van der Waals surface area contributed by atoms with E-state index in [4.69, 9.17) is 10.3 Å². The maximum atomic E-state index is 12.0. The summed E-state index contributed by atoms with van der Waals surface area (Å²) in [6, 6.07) is -0.218. The summed E-state index contributed by atoms with van der Waals surface area (Å²) in [5.74, 6) is 0.477. The van der Waals surface area contributed by atoms with E-state index in [2.05, 4.69) is 15.3 Å². The van der Waals surface area contributed by atoms with Gasteiger partial charge in [0.2, 0.25) is 0 Å². The van der Waals surface area contributed by atoms with Gasteiger partial charge in [0.05, 0.1) is 6.61 Å². The minimum Gasteiger partial charge on any atom is -0.465 e. The fourth-order valence-electron chi connectivity index (χ4n) is 2.73. The Morgan fingerprint density at radius 3 is 2.85 bits per heavy atom. The van der Waals surface area contributed by atoms with Crippen molar-refractivity contribution in [1.29, 1.82) is 0 Å². The van der Waals surface area contributed by atoms with Crippen molar-refractivity contribution in [1.82, 2.24) is 5.32 Å². The summed E-state index contributed by atoms with van der Waals surface area (Å²) in [4.78, 5) is 14.7.